The van der Waals surface area contributed by atoms with Gasteiger partial charge in [0.25, 0.3) is 0 Å². The Kier molecular flexibility index (Phi) is 6.75. The predicted octanol–water partition coefficient (Wildman–Crippen LogP) is 13.1. The van der Waals surface area contributed by atoms with Crippen molar-refractivity contribution in [3.05, 3.63) is 152 Å². The maximum atomic E-state index is 6.55. The monoisotopic (exact) mass is 779 g/mol. The molecule has 6 heterocycles. The van der Waals surface area contributed by atoms with Crippen molar-refractivity contribution in [1.29, 1.82) is 0 Å². The molecule has 13 rings (SSSR count). The molecule has 11 nitrogen and oxygen atoms in total. The number of fused-ring (bicyclic) bond motifs is 9. The normalized spacial score (nSPS) is 12.0. The highest BCUT2D eigenvalue weighted by Crippen LogP contribution is 2.41. The molecule has 0 radical (unpaired) electrons. The first-order chi connectivity index (χ1) is 29.6. The lowest BCUT2D eigenvalue weighted by Crippen LogP contribution is -1.80. The Morgan fingerprint density at radius 1 is 0.283 bits per heavy atom. The summed E-state index contributed by atoms with van der Waals surface area (Å²) in [7, 11) is 0. The number of aromatic nitrogens is 5. The van der Waals surface area contributed by atoms with Crippen molar-refractivity contribution in [3.63, 3.8) is 0 Å². The number of hydrogen-bond acceptors (Lipinski definition) is 11. The third-order valence-corrected chi connectivity index (χ3v) is 10.7. The molecule has 0 aliphatic rings. The fourth-order valence-electron chi connectivity index (χ4n) is 7.68. The Morgan fingerprint density at radius 3 is 1.03 bits per heavy atom. The van der Waals surface area contributed by atoms with Gasteiger partial charge in [0, 0.05) is 38.8 Å². The number of rotatable bonds is 6. The van der Waals surface area contributed by atoms with Gasteiger partial charge in [-0.25, -0.2) is 24.9 Å². The van der Waals surface area contributed by atoms with Gasteiger partial charge in [-0.2, -0.15) is 0 Å². The van der Waals surface area contributed by atoms with Crippen molar-refractivity contribution in [3.8, 4) is 68.6 Å². The topological polar surface area (TPSA) is 143 Å². The Balaban J connectivity index is 0.920. The van der Waals surface area contributed by atoms with Crippen LogP contribution in [0.25, 0.3) is 135 Å². The minimum atomic E-state index is 0.378. The zero-order valence-electron chi connectivity index (χ0n) is 31.1. The van der Waals surface area contributed by atoms with E-state index in [1.54, 1.807) is 0 Å². The molecule has 0 N–H and O–H groups in total. The van der Waals surface area contributed by atoms with E-state index in [1.807, 2.05) is 152 Å². The van der Waals surface area contributed by atoms with Gasteiger partial charge in [-0.15, -0.1) is 0 Å². The molecule has 0 fully saturated rings. The molecule has 0 aliphatic carbocycles. The Hall–Kier alpha value is -8.57. The molecule has 0 atom stereocenters. The van der Waals surface area contributed by atoms with Crippen LogP contribution in [0, 0.1) is 0 Å². The van der Waals surface area contributed by atoms with Crippen LogP contribution in [0.4, 0.5) is 0 Å². The van der Waals surface area contributed by atoms with Crippen LogP contribution in [0.3, 0.4) is 0 Å². The summed E-state index contributed by atoms with van der Waals surface area (Å²) in [5, 5.41) is 1.04. The largest absolute Gasteiger partial charge is 0.456 e. The van der Waals surface area contributed by atoms with E-state index < -0.39 is 0 Å². The number of furan rings is 1. The summed E-state index contributed by atoms with van der Waals surface area (Å²) in [6.07, 6.45) is 0. The first-order valence-corrected chi connectivity index (χ1v) is 19.2. The van der Waals surface area contributed by atoms with Crippen LogP contribution in [0.15, 0.2) is 178 Å². The van der Waals surface area contributed by atoms with E-state index >= 15 is 0 Å². The second-order valence-electron chi connectivity index (χ2n) is 14.4. The van der Waals surface area contributed by atoms with Crippen LogP contribution in [-0.4, -0.2) is 24.9 Å². The van der Waals surface area contributed by atoms with E-state index in [1.165, 1.54) is 0 Å². The van der Waals surface area contributed by atoms with Gasteiger partial charge in [-0.1, -0.05) is 54.6 Å². The van der Waals surface area contributed by atoms with Gasteiger partial charge in [-0.05, 0) is 97.1 Å². The average molecular weight is 780 g/mol. The summed E-state index contributed by atoms with van der Waals surface area (Å²) in [5.41, 5.74) is 11.4. The molecule has 0 aliphatic heterocycles. The molecule has 13 aromatic rings. The van der Waals surface area contributed by atoms with Crippen molar-refractivity contribution in [2.75, 3.05) is 0 Å². The second-order valence-corrected chi connectivity index (χ2v) is 14.4. The zero-order chi connectivity index (χ0) is 39.3. The van der Waals surface area contributed by atoms with Crippen molar-refractivity contribution in [1.82, 2.24) is 24.9 Å². The number of hydrogen-bond donors (Lipinski definition) is 0. The third-order valence-electron chi connectivity index (χ3n) is 10.7. The van der Waals surface area contributed by atoms with Gasteiger partial charge in [-0.3, -0.25) is 0 Å². The van der Waals surface area contributed by atoms with Crippen molar-refractivity contribution in [2.45, 2.75) is 0 Å². The molecule has 0 bridgehead atoms. The number of benzene rings is 7. The zero-order valence-corrected chi connectivity index (χ0v) is 31.1. The van der Waals surface area contributed by atoms with E-state index in [2.05, 4.69) is 9.97 Å². The summed E-state index contributed by atoms with van der Waals surface area (Å²) < 4.78 is 37.7. The van der Waals surface area contributed by atoms with Gasteiger partial charge in [0.2, 0.25) is 29.5 Å². The van der Waals surface area contributed by atoms with E-state index in [0.29, 0.717) is 62.8 Å². The van der Waals surface area contributed by atoms with Crippen LogP contribution in [0.2, 0.25) is 0 Å². The molecular formula is C49H25N5O6. The summed E-state index contributed by atoms with van der Waals surface area (Å²) >= 11 is 0. The van der Waals surface area contributed by atoms with E-state index in [-0.39, 0.29) is 0 Å². The average Bonchev–Trinajstić information content (AvgIpc) is 4.16. The van der Waals surface area contributed by atoms with Crippen LogP contribution in [-0.2, 0) is 0 Å². The molecule has 11 heteroatoms. The molecular weight excluding hydrogens is 755 g/mol. The molecule has 0 saturated heterocycles. The predicted molar refractivity (Wildman–Crippen MR) is 227 cm³/mol. The Bertz CT molecular complexity index is 3180. The first-order valence-electron chi connectivity index (χ1n) is 19.2. The van der Waals surface area contributed by atoms with Gasteiger partial charge in [0.05, 0.1) is 0 Å². The summed E-state index contributed by atoms with van der Waals surface area (Å²) in [5.74, 6) is 2.98. The number of oxazole rings is 5. The maximum Gasteiger partial charge on any atom is 0.227 e. The quantitative estimate of drug-likeness (QED) is 0.159. The molecule has 282 valence electrons. The molecule has 7 aromatic carbocycles. The SMILES string of the molecule is c1ccc2oc(-c3ccc(-c4nc5c(o4)c4nc(-c6ccc(-c7nc8ccccc8o7)cc6)oc4c4nc(-c6ccc(-c7nc8ccccc8o7)cc6)oc54)cc3)cc2c1. The highest BCUT2D eigenvalue weighted by Gasteiger charge is 2.26. The lowest BCUT2D eigenvalue weighted by molar-refractivity contribution is 0.616. The van der Waals surface area contributed by atoms with Crippen molar-refractivity contribution < 1.29 is 26.5 Å². The minimum absolute atomic E-state index is 0.378. The van der Waals surface area contributed by atoms with Gasteiger partial charge >= 0.3 is 0 Å². The fraction of sp³-hybridized carbons (Fsp3) is 0. The van der Waals surface area contributed by atoms with Gasteiger partial charge < -0.3 is 26.5 Å². The Labute approximate surface area is 337 Å². The Morgan fingerprint density at radius 2 is 0.633 bits per heavy atom. The van der Waals surface area contributed by atoms with E-state index in [0.717, 1.165) is 72.3 Å². The van der Waals surface area contributed by atoms with Crippen molar-refractivity contribution >= 4 is 66.5 Å². The number of nitrogens with zero attached hydrogens (tertiary/aromatic N) is 5. The minimum Gasteiger partial charge on any atom is -0.456 e. The van der Waals surface area contributed by atoms with E-state index in [4.69, 9.17) is 41.5 Å². The van der Waals surface area contributed by atoms with Gasteiger partial charge in [0.1, 0.15) is 22.4 Å². The van der Waals surface area contributed by atoms with Crippen molar-refractivity contribution in [2.24, 2.45) is 0 Å². The van der Waals surface area contributed by atoms with Gasteiger partial charge in [0.15, 0.2) is 44.5 Å². The summed E-state index contributed by atoms with van der Waals surface area (Å²) in [6.45, 7) is 0. The highest BCUT2D eigenvalue weighted by molar-refractivity contribution is 6.17. The lowest BCUT2D eigenvalue weighted by Gasteiger charge is -1.98. The number of para-hydroxylation sites is 5. The molecule has 0 unspecified atom stereocenters. The molecule has 6 aromatic heterocycles. The van der Waals surface area contributed by atoms with Crippen LogP contribution >= 0.6 is 0 Å². The fourth-order valence-corrected chi connectivity index (χ4v) is 7.68. The van der Waals surface area contributed by atoms with E-state index in [9.17, 15) is 0 Å². The molecule has 0 saturated carbocycles. The van der Waals surface area contributed by atoms with Crippen LogP contribution in [0.5, 0.6) is 0 Å². The maximum absolute atomic E-state index is 6.55. The molecule has 0 spiro atoms. The van der Waals surface area contributed by atoms with Crippen LogP contribution < -0.4 is 0 Å². The third kappa shape index (κ3) is 5.12. The first kappa shape index (κ1) is 32.5. The van der Waals surface area contributed by atoms with Crippen LogP contribution in [0.1, 0.15) is 0 Å². The molecule has 0 amide bonds. The second kappa shape index (κ2) is 12.5. The smallest absolute Gasteiger partial charge is 0.227 e. The standard InChI is InChI=1S/C49H25N5O6/c1-4-10-35-32(7-1)25-38(55-35)26-13-15-29(16-14-26)47-52-39-42(58-47)40-44(60-48(53-40)30-21-17-27(18-22-30)45-50-33-8-2-5-11-36(33)56-45)41-43(39)59-49(54-41)31-23-19-28(20-24-31)46-51-34-9-3-6-12-37(34)57-46/h1-25H. The molecule has 60 heavy (non-hydrogen) atoms. The summed E-state index contributed by atoms with van der Waals surface area (Å²) in [6, 6.07) is 48.7. The lowest BCUT2D eigenvalue weighted by atomic mass is 10.1. The highest BCUT2D eigenvalue weighted by atomic mass is 16.4. The summed E-state index contributed by atoms with van der Waals surface area (Å²) in [4.78, 5) is 24.2.